The molecule has 0 aromatic heterocycles. The van der Waals surface area contributed by atoms with E-state index in [1.165, 1.54) is 12.8 Å². The number of rotatable bonds is 3. The summed E-state index contributed by atoms with van der Waals surface area (Å²) >= 11 is 5.20. The van der Waals surface area contributed by atoms with E-state index in [0.717, 1.165) is 11.0 Å². The van der Waals surface area contributed by atoms with Crippen LogP contribution in [-0.2, 0) is 0 Å². The van der Waals surface area contributed by atoms with E-state index in [4.69, 9.17) is 12.2 Å². The number of hydrogen-bond donors (Lipinski definition) is 2. The maximum absolute atomic E-state index is 5.20. The molecule has 0 unspecified atom stereocenters. The molecular weight excluding hydrogens is 180 g/mol. The Balaban J connectivity index is 2.33. The van der Waals surface area contributed by atoms with E-state index in [9.17, 15) is 0 Å². The van der Waals surface area contributed by atoms with Gasteiger partial charge in [0.1, 0.15) is 0 Å². The van der Waals surface area contributed by atoms with Gasteiger partial charge >= 0.3 is 0 Å². The number of hydrogen-bond acceptors (Lipinski definition) is 1. The molecule has 0 aromatic carbocycles. The van der Waals surface area contributed by atoms with Gasteiger partial charge in [-0.25, -0.2) is 0 Å². The van der Waals surface area contributed by atoms with Crippen LogP contribution in [0.25, 0.3) is 0 Å². The zero-order valence-electron chi connectivity index (χ0n) is 8.98. The zero-order chi connectivity index (χ0) is 10.1. The van der Waals surface area contributed by atoms with Crippen molar-refractivity contribution in [3.05, 3.63) is 0 Å². The zero-order valence-corrected chi connectivity index (χ0v) is 9.79. The lowest BCUT2D eigenvalue weighted by Crippen LogP contribution is -2.51. The van der Waals surface area contributed by atoms with Gasteiger partial charge in [-0.1, -0.05) is 0 Å². The summed E-state index contributed by atoms with van der Waals surface area (Å²) in [6.07, 6.45) is 2.68. The normalized spacial score (nSPS) is 17.3. The van der Waals surface area contributed by atoms with Crippen LogP contribution in [0.2, 0.25) is 0 Å². The Hall–Kier alpha value is -0.310. The van der Waals surface area contributed by atoms with Gasteiger partial charge in [0, 0.05) is 11.6 Å². The van der Waals surface area contributed by atoms with Crippen molar-refractivity contribution in [3.63, 3.8) is 0 Å². The Labute approximate surface area is 86.5 Å². The molecule has 0 spiro atoms. The lowest BCUT2D eigenvalue weighted by molar-refractivity contribution is 0.398. The molecule has 0 aliphatic heterocycles. The van der Waals surface area contributed by atoms with Gasteiger partial charge in [-0.05, 0) is 58.7 Å². The summed E-state index contributed by atoms with van der Waals surface area (Å²) in [7, 11) is 0. The van der Waals surface area contributed by atoms with Crippen molar-refractivity contribution in [2.75, 3.05) is 0 Å². The number of nitrogens with one attached hydrogen (secondary N) is 2. The highest BCUT2D eigenvalue weighted by atomic mass is 32.1. The number of thiocarbonyl (C=S) groups is 1. The van der Waals surface area contributed by atoms with Crippen LogP contribution in [0.4, 0.5) is 0 Å². The fourth-order valence-corrected chi connectivity index (χ4v) is 2.00. The van der Waals surface area contributed by atoms with Crippen LogP contribution in [-0.4, -0.2) is 16.7 Å². The van der Waals surface area contributed by atoms with E-state index in [0.29, 0.717) is 6.04 Å². The van der Waals surface area contributed by atoms with Crippen molar-refractivity contribution in [2.24, 2.45) is 5.92 Å². The highest BCUT2D eigenvalue weighted by Crippen LogP contribution is 2.39. The molecule has 0 bridgehead atoms. The van der Waals surface area contributed by atoms with Gasteiger partial charge in [0.15, 0.2) is 5.11 Å². The minimum Gasteiger partial charge on any atom is -0.361 e. The topological polar surface area (TPSA) is 24.1 Å². The largest absolute Gasteiger partial charge is 0.361 e. The lowest BCUT2D eigenvalue weighted by atomic mass is 9.99. The second-order valence-electron chi connectivity index (χ2n) is 4.75. The first-order valence-corrected chi connectivity index (χ1v) is 5.41. The first kappa shape index (κ1) is 10.8. The van der Waals surface area contributed by atoms with E-state index in [1.807, 2.05) is 0 Å². The molecule has 1 saturated carbocycles. The predicted molar refractivity (Wildman–Crippen MR) is 60.8 cm³/mol. The molecule has 0 heterocycles. The van der Waals surface area contributed by atoms with E-state index in [-0.39, 0.29) is 5.54 Å². The van der Waals surface area contributed by atoms with Crippen molar-refractivity contribution in [1.82, 2.24) is 10.6 Å². The fourth-order valence-electron chi connectivity index (χ4n) is 1.50. The van der Waals surface area contributed by atoms with Crippen molar-refractivity contribution in [2.45, 2.75) is 52.1 Å². The molecular formula is C10H20N2S. The molecule has 1 aliphatic carbocycles. The van der Waals surface area contributed by atoms with Crippen LogP contribution in [0.3, 0.4) is 0 Å². The highest BCUT2D eigenvalue weighted by Gasteiger charge is 2.38. The summed E-state index contributed by atoms with van der Waals surface area (Å²) in [6, 6.07) is 0.412. The molecule has 0 radical (unpaired) electrons. The minimum atomic E-state index is 0.166. The molecule has 76 valence electrons. The Kier molecular flexibility index (Phi) is 3.17. The fraction of sp³-hybridized carbons (Fsp3) is 0.900. The second-order valence-corrected chi connectivity index (χ2v) is 5.16. The van der Waals surface area contributed by atoms with E-state index < -0.39 is 0 Å². The van der Waals surface area contributed by atoms with Gasteiger partial charge < -0.3 is 10.6 Å². The molecule has 0 aromatic rings. The lowest BCUT2D eigenvalue weighted by Gasteiger charge is -2.28. The van der Waals surface area contributed by atoms with Crippen molar-refractivity contribution in [1.29, 1.82) is 0 Å². The van der Waals surface area contributed by atoms with E-state index in [2.05, 4.69) is 38.3 Å². The van der Waals surface area contributed by atoms with Crippen molar-refractivity contribution < 1.29 is 0 Å². The van der Waals surface area contributed by atoms with Crippen molar-refractivity contribution in [3.8, 4) is 0 Å². The van der Waals surface area contributed by atoms with Gasteiger partial charge in [-0.3, -0.25) is 0 Å². The summed E-state index contributed by atoms with van der Waals surface area (Å²) in [4.78, 5) is 0. The minimum absolute atomic E-state index is 0.166. The van der Waals surface area contributed by atoms with Gasteiger partial charge in [0.25, 0.3) is 0 Å². The highest BCUT2D eigenvalue weighted by molar-refractivity contribution is 7.80. The van der Waals surface area contributed by atoms with Crippen LogP contribution in [0.5, 0.6) is 0 Å². The third-order valence-electron chi connectivity index (χ3n) is 2.45. The van der Waals surface area contributed by atoms with Gasteiger partial charge in [0.2, 0.25) is 0 Å². The second kappa shape index (κ2) is 3.82. The summed E-state index contributed by atoms with van der Waals surface area (Å²) in [5.41, 5.74) is 0.166. The third kappa shape index (κ3) is 3.51. The molecule has 3 heteroatoms. The monoisotopic (exact) mass is 200 g/mol. The Morgan fingerprint density at radius 2 is 1.92 bits per heavy atom. The summed E-state index contributed by atoms with van der Waals surface area (Å²) in [6.45, 7) is 8.63. The first-order valence-electron chi connectivity index (χ1n) is 5.00. The Bertz CT molecular complexity index is 195. The molecule has 1 fully saturated rings. The summed E-state index contributed by atoms with van der Waals surface area (Å²) in [5.74, 6) is 0.805. The third-order valence-corrected chi connectivity index (χ3v) is 2.67. The van der Waals surface area contributed by atoms with Crippen LogP contribution in [0, 0.1) is 5.92 Å². The standard InChI is InChI=1S/C10H20N2S/c1-7(2)11-9(13)12-10(3,4)8-5-6-8/h7-8H,5-6H2,1-4H3,(H2,11,12,13). The molecule has 2 N–H and O–H groups in total. The molecule has 0 atom stereocenters. The Morgan fingerprint density at radius 1 is 1.38 bits per heavy atom. The van der Waals surface area contributed by atoms with Crippen LogP contribution in [0.1, 0.15) is 40.5 Å². The van der Waals surface area contributed by atoms with Crippen LogP contribution < -0.4 is 10.6 Å². The predicted octanol–water partition coefficient (Wildman–Crippen LogP) is 2.05. The SMILES string of the molecule is CC(C)NC(=S)NC(C)(C)C1CC1. The van der Waals surface area contributed by atoms with E-state index in [1.54, 1.807) is 0 Å². The quantitative estimate of drug-likeness (QED) is 0.682. The molecule has 1 rings (SSSR count). The summed E-state index contributed by atoms with van der Waals surface area (Å²) in [5, 5.41) is 7.36. The smallest absolute Gasteiger partial charge is 0.166 e. The maximum Gasteiger partial charge on any atom is 0.166 e. The molecule has 2 nitrogen and oxygen atoms in total. The van der Waals surface area contributed by atoms with Crippen LogP contribution >= 0.6 is 12.2 Å². The average molecular weight is 200 g/mol. The molecule has 0 amide bonds. The molecule has 1 aliphatic rings. The maximum atomic E-state index is 5.20. The van der Waals surface area contributed by atoms with Gasteiger partial charge in [-0.15, -0.1) is 0 Å². The van der Waals surface area contributed by atoms with E-state index >= 15 is 0 Å². The van der Waals surface area contributed by atoms with Crippen molar-refractivity contribution >= 4 is 17.3 Å². The Morgan fingerprint density at radius 3 is 2.31 bits per heavy atom. The van der Waals surface area contributed by atoms with Crippen LogP contribution in [0.15, 0.2) is 0 Å². The summed E-state index contributed by atoms with van der Waals surface area (Å²) < 4.78 is 0. The van der Waals surface area contributed by atoms with Gasteiger partial charge in [0.05, 0.1) is 0 Å². The average Bonchev–Trinajstić information content (AvgIpc) is 2.60. The molecule has 13 heavy (non-hydrogen) atoms. The van der Waals surface area contributed by atoms with Gasteiger partial charge in [-0.2, -0.15) is 0 Å². The molecule has 0 saturated heterocycles. The first-order chi connectivity index (χ1) is 5.92.